The summed E-state index contributed by atoms with van der Waals surface area (Å²) in [5.41, 5.74) is 0. The molecule has 1 saturated heterocycles. The van der Waals surface area contributed by atoms with Crippen molar-refractivity contribution in [3.05, 3.63) is 0 Å². The minimum Gasteiger partial charge on any atom is -0.412 e. The van der Waals surface area contributed by atoms with Crippen LogP contribution in [0.15, 0.2) is 0 Å². The van der Waals surface area contributed by atoms with Gasteiger partial charge in [0.15, 0.2) is 0 Å². The molecule has 0 bridgehead atoms. The van der Waals surface area contributed by atoms with Gasteiger partial charge in [-0.2, -0.15) is 0 Å². The Kier molecular flexibility index (Phi) is 2.96. The van der Waals surface area contributed by atoms with Crippen molar-refractivity contribution < 1.29 is 10.2 Å². The Bertz CT molecular complexity index is 39.3. The molecule has 1 fully saturated rings. The van der Waals surface area contributed by atoms with Crippen molar-refractivity contribution in [1.82, 2.24) is 0 Å². The van der Waals surface area contributed by atoms with Crippen molar-refractivity contribution in [3.63, 3.8) is 0 Å². The van der Waals surface area contributed by atoms with Crippen molar-refractivity contribution in [2.24, 2.45) is 0 Å². The molecule has 2 nitrogen and oxygen atoms in total. The van der Waals surface area contributed by atoms with E-state index in [4.69, 9.17) is 4.74 Å². The predicted molar refractivity (Wildman–Crippen MR) is 28.3 cm³/mol. The van der Waals surface area contributed by atoms with Gasteiger partial charge < -0.3 is 10.2 Å². The SMILES string of the molecule is CC1CCCO1.O. The van der Waals surface area contributed by atoms with Crippen LogP contribution in [0.25, 0.3) is 0 Å². The zero-order chi connectivity index (χ0) is 4.41. The van der Waals surface area contributed by atoms with Crippen LogP contribution in [0, 0.1) is 0 Å². The highest BCUT2D eigenvalue weighted by Crippen LogP contribution is 2.09. The highest BCUT2D eigenvalue weighted by molar-refractivity contribution is 4.56. The van der Waals surface area contributed by atoms with E-state index < -0.39 is 0 Å². The molecule has 1 aliphatic heterocycles. The third kappa shape index (κ3) is 1.90. The van der Waals surface area contributed by atoms with Crippen molar-refractivity contribution in [1.29, 1.82) is 0 Å². The van der Waals surface area contributed by atoms with Crippen LogP contribution in [0.5, 0.6) is 0 Å². The molecule has 44 valence electrons. The minimum atomic E-state index is 0. The van der Waals surface area contributed by atoms with Gasteiger partial charge in [0, 0.05) is 6.61 Å². The molecule has 0 amide bonds. The summed E-state index contributed by atoms with van der Waals surface area (Å²) in [6, 6.07) is 0. The minimum absolute atomic E-state index is 0. The van der Waals surface area contributed by atoms with Crippen LogP contribution < -0.4 is 0 Å². The van der Waals surface area contributed by atoms with Crippen LogP contribution in [0.3, 0.4) is 0 Å². The molecule has 0 aromatic rings. The first kappa shape index (κ1) is 6.92. The van der Waals surface area contributed by atoms with Crippen LogP contribution in [0.4, 0.5) is 0 Å². The van der Waals surface area contributed by atoms with Gasteiger partial charge in [-0.25, -0.2) is 0 Å². The summed E-state index contributed by atoms with van der Waals surface area (Å²) in [7, 11) is 0. The van der Waals surface area contributed by atoms with E-state index in [0.717, 1.165) is 6.61 Å². The molecule has 1 rings (SSSR count). The Morgan fingerprint density at radius 2 is 2.29 bits per heavy atom. The molecule has 0 aliphatic carbocycles. The van der Waals surface area contributed by atoms with E-state index in [1.165, 1.54) is 12.8 Å². The van der Waals surface area contributed by atoms with E-state index >= 15 is 0 Å². The second-order valence-corrected chi connectivity index (χ2v) is 1.82. The number of ether oxygens (including phenoxy) is 1. The molecule has 1 atom stereocenters. The second-order valence-electron chi connectivity index (χ2n) is 1.82. The van der Waals surface area contributed by atoms with Crippen molar-refractivity contribution in [2.45, 2.75) is 25.9 Å². The normalized spacial score (nSPS) is 29.6. The second kappa shape index (κ2) is 2.99. The molecular formula is C5H12O2. The summed E-state index contributed by atoms with van der Waals surface area (Å²) in [6.07, 6.45) is 3.08. The molecule has 1 heterocycles. The van der Waals surface area contributed by atoms with E-state index in [-0.39, 0.29) is 5.48 Å². The maximum absolute atomic E-state index is 5.15. The summed E-state index contributed by atoms with van der Waals surface area (Å²) < 4.78 is 5.15. The number of hydrogen-bond acceptors (Lipinski definition) is 1. The largest absolute Gasteiger partial charge is 0.412 e. The van der Waals surface area contributed by atoms with Crippen LogP contribution in [0.2, 0.25) is 0 Å². The molecule has 0 radical (unpaired) electrons. The van der Waals surface area contributed by atoms with Crippen molar-refractivity contribution in [3.8, 4) is 0 Å². The molecule has 2 N–H and O–H groups in total. The van der Waals surface area contributed by atoms with Crippen LogP contribution in [-0.2, 0) is 4.74 Å². The van der Waals surface area contributed by atoms with Crippen LogP contribution >= 0.6 is 0 Å². The van der Waals surface area contributed by atoms with Gasteiger partial charge >= 0.3 is 0 Å². The van der Waals surface area contributed by atoms with Crippen LogP contribution in [0.1, 0.15) is 19.8 Å². The number of rotatable bonds is 0. The lowest BCUT2D eigenvalue weighted by atomic mass is 10.3. The molecule has 0 spiro atoms. The Labute approximate surface area is 43.8 Å². The average molecular weight is 104 g/mol. The quantitative estimate of drug-likeness (QED) is 0.437. The Hall–Kier alpha value is -0.0800. The first-order valence-corrected chi connectivity index (χ1v) is 2.51. The van der Waals surface area contributed by atoms with E-state index in [1.807, 2.05) is 0 Å². The van der Waals surface area contributed by atoms with Gasteiger partial charge in [-0.1, -0.05) is 0 Å². The number of hydrogen-bond donors (Lipinski definition) is 0. The van der Waals surface area contributed by atoms with Gasteiger partial charge in [-0.3, -0.25) is 0 Å². The van der Waals surface area contributed by atoms with Gasteiger partial charge in [0.25, 0.3) is 0 Å². The van der Waals surface area contributed by atoms with Crippen LogP contribution in [-0.4, -0.2) is 18.2 Å². The molecule has 0 saturated carbocycles. The summed E-state index contributed by atoms with van der Waals surface area (Å²) in [6.45, 7) is 3.11. The third-order valence-corrected chi connectivity index (χ3v) is 1.16. The van der Waals surface area contributed by atoms with Gasteiger partial charge in [0.2, 0.25) is 0 Å². The zero-order valence-corrected chi connectivity index (χ0v) is 4.61. The molecular weight excluding hydrogens is 92.1 g/mol. The van der Waals surface area contributed by atoms with E-state index in [0.29, 0.717) is 6.10 Å². The standard InChI is InChI=1S/C5H10O.H2O/c1-5-3-2-4-6-5;/h5H,2-4H2,1H3;1H2. The van der Waals surface area contributed by atoms with Gasteiger partial charge in [0.05, 0.1) is 6.10 Å². The fourth-order valence-corrected chi connectivity index (χ4v) is 0.739. The molecule has 1 unspecified atom stereocenters. The third-order valence-electron chi connectivity index (χ3n) is 1.16. The molecule has 0 aromatic heterocycles. The maximum atomic E-state index is 5.15. The van der Waals surface area contributed by atoms with Crippen molar-refractivity contribution >= 4 is 0 Å². The van der Waals surface area contributed by atoms with Gasteiger partial charge in [-0.05, 0) is 19.8 Å². The summed E-state index contributed by atoms with van der Waals surface area (Å²) in [4.78, 5) is 0. The zero-order valence-electron chi connectivity index (χ0n) is 4.61. The monoisotopic (exact) mass is 104 g/mol. The first-order chi connectivity index (χ1) is 2.89. The van der Waals surface area contributed by atoms with Gasteiger partial charge in [0.1, 0.15) is 0 Å². The maximum Gasteiger partial charge on any atom is 0.0547 e. The fraction of sp³-hybridized carbons (Fsp3) is 1.00. The lowest BCUT2D eigenvalue weighted by molar-refractivity contribution is 0.125. The highest BCUT2D eigenvalue weighted by Gasteiger charge is 2.07. The van der Waals surface area contributed by atoms with E-state index in [9.17, 15) is 0 Å². The van der Waals surface area contributed by atoms with Crippen molar-refractivity contribution in [2.75, 3.05) is 6.61 Å². The molecule has 1 aliphatic rings. The van der Waals surface area contributed by atoms with E-state index in [2.05, 4.69) is 6.92 Å². The lowest BCUT2D eigenvalue weighted by Crippen LogP contribution is -1.94. The summed E-state index contributed by atoms with van der Waals surface area (Å²) in [5.74, 6) is 0. The fourth-order valence-electron chi connectivity index (χ4n) is 0.739. The topological polar surface area (TPSA) is 40.7 Å². The van der Waals surface area contributed by atoms with E-state index in [1.54, 1.807) is 0 Å². The molecule has 0 aromatic carbocycles. The predicted octanol–water partition coefficient (Wildman–Crippen LogP) is 0.361. The highest BCUT2D eigenvalue weighted by atomic mass is 16.5. The average Bonchev–Trinajstić information content (AvgIpc) is 1.86. The molecule has 7 heavy (non-hydrogen) atoms. The summed E-state index contributed by atoms with van der Waals surface area (Å²) >= 11 is 0. The Morgan fingerprint density at radius 3 is 2.43 bits per heavy atom. The lowest BCUT2D eigenvalue weighted by Gasteiger charge is -1.94. The molecule has 2 heteroatoms. The van der Waals surface area contributed by atoms with Gasteiger partial charge in [-0.15, -0.1) is 0 Å². The first-order valence-electron chi connectivity index (χ1n) is 2.51. The smallest absolute Gasteiger partial charge is 0.0547 e. The summed E-state index contributed by atoms with van der Waals surface area (Å²) in [5, 5.41) is 0. The Balaban J connectivity index is 0.000000360. The Morgan fingerprint density at radius 1 is 1.57 bits per heavy atom.